The maximum absolute atomic E-state index is 13.3. The minimum Gasteiger partial charge on any atom is -0.341 e. The van der Waals surface area contributed by atoms with Gasteiger partial charge in [0.2, 0.25) is 15.9 Å². The fourth-order valence-corrected chi connectivity index (χ4v) is 6.37. The molecule has 0 bridgehead atoms. The van der Waals surface area contributed by atoms with Crippen LogP contribution in [0.4, 0.5) is 0 Å². The van der Waals surface area contributed by atoms with Crippen LogP contribution in [0.15, 0.2) is 29.2 Å². The lowest BCUT2D eigenvalue weighted by Crippen LogP contribution is -2.53. The number of hydrogen-bond donors (Lipinski definition) is 1. The Morgan fingerprint density at radius 3 is 2.34 bits per heavy atom. The van der Waals surface area contributed by atoms with E-state index in [1.54, 1.807) is 22.5 Å². The molecule has 1 aliphatic carbocycles. The number of hydrogen-bond acceptors (Lipinski definition) is 4. The smallest absolute Gasteiger partial charge is 0.243 e. The number of benzene rings is 1. The van der Waals surface area contributed by atoms with Crippen molar-refractivity contribution in [2.75, 3.05) is 20.1 Å². The molecule has 1 saturated heterocycles. The molecule has 6 nitrogen and oxygen atoms in total. The lowest BCUT2D eigenvalue weighted by molar-refractivity contribution is -0.135. The van der Waals surface area contributed by atoms with Gasteiger partial charge >= 0.3 is 0 Å². The quantitative estimate of drug-likeness (QED) is 0.672. The van der Waals surface area contributed by atoms with E-state index in [4.69, 9.17) is 11.6 Å². The Bertz CT molecular complexity index is 818. The summed E-state index contributed by atoms with van der Waals surface area (Å²) in [6.07, 6.45) is 3.93. The number of amides is 1. The van der Waals surface area contributed by atoms with Crippen LogP contribution in [0, 0.1) is 5.92 Å². The molecule has 0 aromatic heterocycles. The van der Waals surface area contributed by atoms with Gasteiger partial charge in [0.15, 0.2) is 0 Å². The molecule has 1 saturated carbocycles. The van der Waals surface area contributed by atoms with Crippen LogP contribution < -0.4 is 5.32 Å². The zero-order valence-corrected chi connectivity index (χ0v) is 19.0. The summed E-state index contributed by atoms with van der Waals surface area (Å²) in [5.41, 5.74) is 0. The predicted octanol–water partition coefficient (Wildman–Crippen LogP) is 3.12. The molecule has 1 heterocycles. The number of sulfonamides is 1. The van der Waals surface area contributed by atoms with E-state index in [9.17, 15) is 13.2 Å². The number of rotatable bonds is 8. The van der Waals surface area contributed by atoms with Gasteiger partial charge in [-0.2, -0.15) is 4.31 Å². The number of piperidine rings is 1. The molecule has 162 valence electrons. The van der Waals surface area contributed by atoms with E-state index in [2.05, 4.69) is 19.2 Å². The van der Waals surface area contributed by atoms with E-state index in [1.807, 2.05) is 11.9 Å². The molecule has 2 fully saturated rings. The van der Waals surface area contributed by atoms with Crippen LogP contribution in [0.2, 0.25) is 5.02 Å². The highest BCUT2D eigenvalue weighted by atomic mass is 35.5. The zero-order chi connectivity index (χ0) is 21.2. The lowest BCUT2D eigenvalue weighted by Gasteiger charge is -2.39. The van der Waals surface area contributed by atoms with Gasteiger partial charge < -0.3 is 10.2 Å². The van der Waals surface area contributed by atoms with Gasteiger partial charge in [-0.25, -0.2) is 8.42 Å². The zero-order valence-electron chi connectivity index (χ0n) is 17.5. The Balaban J connectivity index is 1.70. The Kier molecular flexibility index (Phi) is 7.25. The van der Waals surface area contributed by atoms with E-state index in [-0.39, 0.29) is 28.9 Å². The Hall–Kier alpha value is -1.15. The maximum Gasteiger partial charge on any atom is 0.243 e. The number of carbonyl (C=O) groups excluding carboxylic acids is 1. The van der Waals surface area contributed by atoms with Crippen LogP contribution in [-0.4, -0.2) is 61.8 Å². The first-order valence-corrected chi connectivity index (χ1v) is 12.3. The summed E-state index contributed by atoms with van der Waals surface area (Å²) in [5, 5.41) is 3.56. The van der Waals surface area contributed by atoms with Gasteiger partial charge in [0.1, 0.15) is 0 Å². The van der Waals surface area contributed by atoms with Crippen molar-refractivity contribution in [3.63, 3.8) is 0 Å². The van der Waals surface area contributed by atoms with Crippen LogP contribution in [0.25, 0.3) is 0 Å². The van der Waals surface area contributed by atoms with Crippen molar-refractivity contribution in [1.29, 1.82) is 0 Å². The topological polar surface area (TPSA) is 69.7 Å². The minimum absolute atomic E-state index is 0.0669. The maximum atomic E-state index is 13.3. The second-order valence-electron chi connectivity index (χ2n) is 8.55. The molecular formula is C21H32ClN3O3S. The van der Waals surface area contributed by atoms with Crippen molar-refractivity contribution in [2.45, 2.75) is 69.0 Å². The molecule has 1 aromatic carbocycles. The summed E-state index contributed by atoms with van der Waals surface area (Å²) in [6, 6.07) is 6.30. The summed E-state index contributed by atoms with van der Waals surface area (Å²) in [7, 11) is -1.78. The Labute approximate surface area is 179 Å². The molecule has 0 spiro atoms. The minimum atomic E-state index is -3.60. The number of likely N-dealkylation sites (N-methyl/N-ethyl adjacent to an activating group) is 1. The van der Waals surface area contributed by atoms with Crippen LogP contribution in [0.5, 0.6) is 0 Å². The van der Waals surface area contributed by atoms with E-state index in [0.29, 0.717) is 36.9 Å². The lowest BCUT2D eigenvalue weighted by atomic mass is 10.00. The fraction of sp³-hybridized carbons (Fsp3) is 0.667. The molecule has 1 atom stereocenters. The molecule has 1 N–H and O–H groups in total. The van der Waals surface area contributed by atoms with Gasteiger partial charge in [-0.05, 0) is 63.3 Å². The molecule has 29 heavy (non-hydrogen) atoms. The van der Waals surface area contributed by atoms with Gasteiger partial charge in [0, 0.05) is 30.2 Å². The normalized spacial score (nSPS) is 19.7. The van der Waals surface area contributed by atoms with Gasteiger partial charge in [0.05, 0.1) is 10.9 Å². The average molecular weight is 442 g/mol. The van der Waals surface area contributed by atoms with Crippen LogP contribution in [0.3, 0.4) is 0 Å². The Morgan fingerprint density at radius 1 is 1.21 bits per heavy atom. The highest BCUT2D eigenvalue weighted by Gasteiger charge is 2.44. The summed E-state index contributed by atoms with van der Waals surface area (Å²) >= 11 is 6.04. The van der Waals surface area contributed by atoms with Gasteiger partial charge in [-0.15, -0.1) is 0 Å². The molecule has 0 radical (unpaired) electrons. The molecular weight excluding hydrogens is 410 g/mol. The van der Waals surface area contributed by atoms with Crippen LogP contribution in [0.1, 0.15) is 46.0 Å². The van der Waals surface area contributed by atoms with Crippen LogP contribution >= 0.6 is 11.6 Å². The van der Waals surface area contributed by atoms with Gasteiger partial charge in [-0.1, -0.05) is 31.5 Å². The standard InChI is InChI=1S/C21H32ClN3O3S/c1-15(2)13-20(23-3)21(26)24-11-9-18(10-12-24)25(17-7-8-17)29(27,28)19-6-4-5-16(22)14-19/h4-6,14-15,17-18,20,23H,7-13H2,1-3H3/t20-/m0/s1. The van der Waals surface area contributed by atoms with Crippen molar-refractivity contribution in [1.82, 2.24) is 14.5 Å². The van der Waals surface area contributed by atoms with Crippen LogP contribution in [-0.2, 0) is 14.8 Å². The molecule has 3 rings (SSSR count). The van der Waals surface area contributed by atoms with Gasteiger partial charge in [-0.3, -0.25) is 4.79 Å². The SMILES string of the molecule is CN[C@@H](CC(C)C)C(=O)N1CCC(N(C2CC2)S(=O)(=O)c2cccc(Cl)c2)CC1. The molecule has 1 aromatic rings. The summed E-state index contributed by atoms with van der Waals surface area (Å²) in [5.74, 6) is 0.553. The van der Waals surface area contributed by atoms with E-state index < -0.39 is 10.0 Å². The molecule has 1 aliphatic heterocycles. The Morgan fingerprint density at radius 2 is 1.83 bits per heavy atom. The molecule has 0 unspecified atom stereocenters. The van der Waals surface area contributed by atoms with Crippen molar-refractivity contribution in [3.05, 3.63) is 29.3 Å². The number of likely N-dealkylation sites (tertiary alicyclic amines) is 1. The number of halogens is 1. The van der Waals surface area contributed by atoms with E-state index >= 15 is 0 Å². The highest BCUT2D eigenvalue weighted by molar-refractivity contribution is 7.89. The van der Waals surface area contributed by atoms with Gasteiger partial charge in [0.25, 0.3) is 0 Å². The van der Waals surface area contributed by atoms with Crippen molar-refractivity contribution in [3.8, 4) is 0 Å². The third-order valence-electron chi connectivity index (χ3n) is 5.77. The third-order valence-corrected chi connectivity index (χ3v) is 8.00. The fourth-order valence-electron chi connectivity index (χ4n) is 4.14. The number of nitrogens with zero attached hydrogens (tertiary/aromatic N) is 2. The van der Waals surface area contributed by atoms with E-state index in [1.165, 1.54) is 6.07 Å². The number of nitrogens with one attached hydrogen (secondary N) is 1. The second-order valence-corrected chi connectivity index (χ2v) is 10.8. The van der Waals surface area contributed by atoms with E-state index in [0.717, 1.165) is 19.3 Å². The highest BCUT2D eigenvalue weighted by Crippen LogP contribution is 2.37. The first kappa shape index (κ1) is 22.5. The summed E-state index contributed by atoms with van der Waals surface area (Å²) in [4.78, 5) is 15.0. The summed E-state index contributed by atoms with van der Waals surface area (Å²) in [6.45, 7) is 5.40. The predicted molar refractivity (Wildman–Crippen MR) is 115 cm³/mol. The average Bonchev–Trinajstić information content (AvgIpc) is 3.51. The molecule has 1 amide bonds. The molecule has 2 aliphatic rings. The first-order chi connectivity index (χ1) is 13.7. The van der Waals surface area contributed by atoms with Crippen molar-refractivity contribution in [2.24, 2.45) is 5.92 Å². The largest absolute Gasteiger partial charge is 0.341 e. The second kappa shape index (κ2) is 9.33. The van der Waals surface area contributed by atoms with Crippen molar-refractivity contribution >= 4 is 27.5 Å². The number of carbonyl (C=O) groups is 1. The molecule has 8 heteroatoms. The van der Waals surface area contributed by atoms with Crippen molar-refractivity contribution < 1.29 is 13.2 Å². The summed E-state index contributed by atoms with van der Waals surface area (Å²) < 4.78 is 28.4. The monoisotopic (exact) mass is 441 g/mol. The first-order valence-electron chi connectivity index (χ1n) is 10.5. The third kappa shape index (κ3) is 5.32.